The van der Waals surface area contributed by atoms with E-state index in [2.05, 4.69) is 29.2 Å². The first-order chi connectivity index (χ1) is 8.74. The first kappa shape index (κ1) is 11.4. The molecule has 1 aliphatic heterocycles. The zero-order valence-electron chi connectivity index (χ0n) is 9.94. The molecule has 0 fully saturated rings. The number of fused-ring (bicyclic) bond motifs is 1. The molecule has 1 N–H and O–H groups in total. The van der Waals surface area contributed by atoms with Gasteiger partial charge in [-0.3, -0.25) is 0 Å². The Morgan fingerprint density at radius 3 is 2.89 bits per heavy atom. The molecule has 0 aromatic heterocycles. The monoisotopic (exact) mass is 259 g/mol. The van der Waals surface area contributed by atoms with Crippen molar-refractivity contribution in [3.63, 3.8) is 0 Å². The summed E-state index contributed by atoms with van der Waals surface area (Å²) in [6.45, 7) is 1.69. The van der Waals surface area contributed by atoms with Crippen LogP contribution in [0.1, 0.15) is 11.1 Å². The summed E-state index contributed by atoms with van der Waals surface area (Å²) in [5.74, 6) is 0.309. The van der Waals surface area contributed by atoms with Crippen LogP contribution in [0.2, 0.25) is 5.02 Å². The second-order valence-electron chi connectivity index (χ2n) is 4.57. The van der Waals surface area contributed by atoms with E-state index in [1.807, 2.05) is 6.07 Å². The van der Waals surface area contributed by atoms with Gasteiger partial charge in [-0.05, 0) is 36.2 Å². The molecule has 2 nitrogen and oxygen atoms in total. The van der Waals surface area contributed by atoms with E-state index < -0.39 is 0 Å². The zero-order chi connectivity index (χ0) is 12.5. The summed E-state index contributed by atoms with van der Waals surface area (Å²) in [5, 5.41) is 10.5. The van der Waals surface area contributed by atoms with Crippen molar-refractivity contribution in [3.8, 4) is 5.75 Å². The van der Waals surface area contributed by atoms with E-state index in [1.54, 1.807) is 12.1 Å². The van der Waals surface area contributed by atoms with Crippen LogP contribution in [0.4, 0.5) is 5.69 Å². The van der Waals surface area contributed by atoms with Crippen molar-refractivity contribution in [1.29, 1.82) is 0 Å². The van der Waals surface area contributed by atoms with Gasteiger partial charge < -0.3 is 10.0 Å². The highest BCUT2D eigenvalue weighted by Crippen LogP contribution is 2.31. The molecular weight excluding hydrogens is 246 g/mol. The molecule has 2 aromatic rings. The number of aromatic hydroxyl groups is 1. The van der Waals surface area contributed by atoms with Gasteiger partial charge in [-0.15, -0.1) is 0 Å². The highest BCUT2D eigenvalue weighted by atomic mass is 35.5. The summed E-state index contributed by atoms with van der Waals surface area (Å²) < 4.78 is 0. The Balaban J connectivity index is 1.88. The second-order valence-corrected chi connectivity index (χ2v) is 5.01. The standard InChI is InChI=1S/C15H14ClNO/c16-13-5-6-15(18)12(9-13)10-17-8-7-11-3-1-2-4-14(11)17/h1-6,9,18H,7-8,10H2. The van der Waals surface area contributed by atoms with Crippen molar-refractivity contribution in [1.82, 2.24) is 0 Å². The Kier molecular flexibility index (Phi) is 2.88. The van der Waals surface area contributed by atoms with Crippen LogP contribution >= 0.6 is 11.6 Å². The summed E-state index contributed by atoms with van der Waals surface area (Å²) >= 11 is 5.97. The molecule has 0 saturated heterocycles. The lowest BCUT2D eigenvalue weighted by atomic mass is 10.1. The lowest BCUT2D eigenvalue weighted by molar-refractivity contribution is 0.467. The highest BCUT2D eigenvalue weighted by molar-refractivity contribution is 6.30. The number of hydrogen-bond donors (Lipinski definition) is 1. The molecule has 18 heavy (non-hydrogen) atoms. The molecule has 0 saturated carbocycles. The molecule has 0 atom stereocenters. The fourth-order valence-corrected chi connectivity index (χ4v) is 2.65. The molecule has 1 heterocycles. The normalized spacial score (nSPS) is 13.7. The molecule has 1 aliphatic rings. The number of rotatable bonds is 2. The minimum Gasteiger partial charge on any atom is -0.508 e. The molecule has 0 unspecified atom stereocenters. The fourth-order valence-electron chi connectivity index (χ4n) is 2.46. The van der Waals surface area contributed by atoms with E-state index in [1.165, 1.54) is 11.3 Å². The largest absolute Gasteiger partial charge is 0.508 e. The number of para-hydroxylation sites is 1. The van der Waals surface area contributed by atoms with Crippen LogP contribution in [0.15, 0.2) is 42.5 Å². The van der Waals surface area contributed by atoms with Crippen LogP contribution in [-0.4, -0.2) is 11.7 Å². The summed E-state index contributed by atoms with van der Waals surface area (Å²) in [7, 11) is 0. The number of anilines is 1. The van der Waals surface area contributed by atoms with E-state index in [4.69, 9.17) is 11.6 Å². The SMILES string of the molecule is Oc1ccc(Cl)cc1CN1CCc2ccccc21. The van der Waals surface area contributed by atoms with Crippen LogP contribution in [0.25, 0.3) is 0 Å². The zero-order valence-corrected chi connectivity index (χ0v) is 10.7. The van der Waals surface area contributed by atoms with Gasteiger partial charge in [0, 0.05) is 29.4 Å². The van der Waals surface area contributed by atoms with Gasteiger partial charge in [0.05, 0.1) is 0 Å². The summed E-state index contributed by atoms with van der Waals surface area (Å²) in [5.41, 5.74) is 3.51. The Labute approximate surface area is 111 Å². The summed E-state index contributed by atoms with van der Waals surface area (Å²) in [4.78, 5) is 2.28. The van der Waals surface area contributed by atoms with E-state index >= 15 is 0 Å². The van der Waals surface area contributed by atoms with Gasteiger partial charge in [0.25, 0.3) is 0 Å². The minimum absolute atomic E-state index is 0.309. The van der Waals surface area contributed by atoms with Gasteiger partial charge >= 0.3 is 0 Å². The van der Waals surface area contributed by atoms with Crippen molar-refractivity contribution in [2.75, 3.05) is 11.4 Å². The lowest BCUT2D eigenvalue weighted by Gasteiger charge is -2.20. The molecule has 0 radical (unpaired) electrons. The van der Waals surface area contributed by atoms with Crippen molar-refractivity contribution >= 4 is 17.3 Å². The molecule has 0 aliphatic carbocycles. The van der Waals surface area contributed by atoms with Crippen LogP contribution in [0, 0.1) is 0 Å². The number of nitrogens with zero attached hydrogens (tertiary/aromatic N) is 1. The molecule has 0 bridgehead atoms. The van der Waals surface area contributed by atoms with Gasteiger partial charge in [0.15, 0.2) is 0 Å². The third-order valence-electron chi connectivity index (χ3n) is 3.39. The second kappa shape index (κ2) is 4.54. The summed E-state index contributed by atoms with van der Waals surface area (Å²) in [6, 6.07) is 13.6. The molecule has 0 amide bonds. The summed E-state index contributed by atoms with van der Waals surface area (Å²) in [6.07, 6.45) is 1.07. The molecular formula is C15H14ClNO. The first-order valence-corrected chi connectivity index (χ1v) is 6.42. The molecule has 3 rings (SSSR count). The van der Waals surface area contributed by atoms with E-state index in [-0.39, 0.29) is 0 Å². The number of phenols is 1. The quantitative estimate of drug-likeness (QED) is 0.891. The Morgan fingerprint density at radius 2 is 2.00 bits per heavy atom. The lowest BCUT2D eigenvalue weighted by Crippen LogP contribution is -2.19. The third-order valence-corrected chi connectivity index (χ3v) is 3.62. The van der Waals surface area contributed by atoms with Gasteiger partial charge in [-0.2, -0.15) is 0 Å². The van der Waals surface area contributed by atoms with Crippen molar-refractivity contribution in [2.45, 2.75) is 13.0 Å². The van der Waals surface area contributed by atoms with E-state index in [0.717, 1.165) is 18.5 Å². The average molecular weight is 260 g/mol. The maximum atomic E-state index is 9.86. The number of phenolic OH excluding ortho intramolecular Hbond substituents is 1. The fraction of sp³-hybridized carbons (Fsp3) is 0.200. The number of hydrogen-bond acceptors (Lipinski definition) is 2. The Morgan fingerprint density at radius 1 is 1.17 bits per heavy atom. The van der Waals surface area contributed by atoms with Crippen molar-refractivity contribution in [3.05, 3.63) is 58.6 Å². The molecule has 2 aromatic carbocycles. The maximum absolute atomic E-state index is 9.86. The predicted octanol–water partition coefficient (Wildman–Crippen LogP) is 3.61. The van der Waals surface area contributed by atoms with E-state index in [0.29, 0.717) is 17.3 Å². The smallest absolute Gasteiger partial charge is 0.120 e. The van der Waals surface area contributed by atoms with Gasteiger partial charge in [-0.25, -0.2) is 0 Å². The number of benzene rings is 2. The average Bonchev–Trinajstić information content (AvgIpc) is 2.78. The third kappa shape index (κ3) is 2.04. The Hall–Kier alpha value is -1.67. The van der Waals surface area contributed by atoms with E-state index in [9.17, 15) is 5.11 Å². The highest BCUT2D eigenvalue weighted by Gasteiger charge is 2.19. The topological polar surface area (TPSA) is 23.5 Å². The molecule has 0 spiro atoms. The number of halogens is 1. The minimum atomic E-state index is 0.309. The van der Waals surface area contributed by atoms with Crippen LogP contribution in [-0.2, 0) is 13.0 Å². The van der Waals surface area contributed by atoms with Crippen molar-refractivity contribution in [2.24, 2.45) is 0 Å². The predicted molar refractivity (Wildman–Crippen MR) is 74.3 cm³/mol. The first-order valence-electron chi connectivity index (χ1n) is 6.04. The Bertz CT molecular complexity index is 582. The van der Waals surface area contributed by atoms with Crippen LogP contribution < -0.4 is 4.90 Å². The molecule has 3 heteroatoms. The van der Waals surface area contributed by atoms with Gasteiger partial charge in [0.1, 0.15) is 5.75 Å². The van der Waals surface area contributed by atoms with Gasteiger partial charge in [0.2, 0.25) is 0 Å². The van der Waals surface area contributed by atoms with Crippen molar-refractivity contribution < 1.29 is 5.11 Å². The van der Waals surface area contributed by atoms with Gasteiger partial charge in [-0.1, -0.05) is 29.8 Å². The van der Waals surface area contributed by atoms with Crippen LogP contribution in [0.5, 0.6) is 5.75 Å². The van der Waals surface area contributed by atoms with Crippen LogP contribution in [0.3, 0.4) is 0 Å². The maximum Gasteiger partial charge on any atom is 0.120 e. The molecule has 92 valence electrons.